The Morgan fingerprint density at radius 1 is 1.40 bits per heavy atom. The van der Waals surface area contributed by atoms with Crippen molar-refractivity contribution < 1.29 is 0 Å². The second kappa shape index (κ2) is 3.73. The first-order valence-electron chi connectivity index (χ1n) is 4.97. The molecule has 0 fully saturated rings. The predicted molar refractivity (Wildman–Crippen MR) is 60.3 cm³/mol. The van der Waals surface area contributed by atoms with E-state index in [1.807, 2.05) is 36.7 Å². The zero-order valence-electron chi connectivity index (χ0n) is 8.94. The third-order valence-corrected chi connectivity index (χ3v) is 2.48. The molecule has 0 aliphatic carbocycles. The van der Waals surface area contributed by atoms with Crippen LogP contribution in [0.3, 0.4) is 0 Å². The summed E-state index contributed by atoms with van der Waals surface area (Å²) >= 11 is 0. The molecular weight excluding hydrogens is 188 g/mol. The van der Waals surface area contributed by atoms with Crippen molar-refractivity contribution in [2.75, 3.05) is 5.73 Å². The number of nitrogens with zero attached hydrogens (tertiary/aromatic N) is 3. The number of rotatable bonds is 2. The average Bonchev–Trinajstić information content (AvgIpc) is 2.70. The third kappa shape index (κ3) is 1.58. The highest BCUT2D eigenvalue weighted by atomic mass is 15.3. The number of benzene rings is 1. The number of para-hydroxylation sites is 1. The molecule has 1 heterocycles. The topological polar surface area (TPSA) is 56.7 Å². The summed E-state index contributed by atoms with van der Waals surface area (Å²) in [5.41, 5.74) is 8.82. The van der Waals surface area contributed by atoms with Crippen molar-refractivity contribution in [3.8, 4) is 11.4 Å². The summed E-state index contributed by atoms with van der Waals surface area (Å²) in [5, 5.41) is 4.13. The maximum Gasteiger partial charge on any atom is 0.160 e. The van der Waals surface area contributed by atoms with Crippen LogP contribution in [-0.4, -0.2) is 14.8 Å². The van der Waals surface area contributed by atoms with E-state index in [2.05, 4.69) is 10.1 Å². The van der Waals surface area contributed by atoms with Crippen LogP contribution in [0.25, 0.3) is 11.4 Å². The summed E-state index contributed by atoms with van der Waals surface area (Å²) in [4.78, 5) is 4.23. The highest BCUT2D eigenvalue weighted by Crippen LogP contribution is 2.26. The lowest BCUT2D eigenvalue weighted by atomic mass is 10.1. The molecule has 15 heavy (non-hydrogen) atoms. The quantitative estimate of drug-likeness (QED) is 0.756. The molecule has 0 bridgehead atoms. The molecule has 0 spiro atoms. The molecule has 2 aromatic rings. The van der Waals surface area contributed by atoms with E-state index < -0.39 is 0 Å². The maximum atomic E-state index is 6.02. The molecule has 1 aromatic carbocycles. The van der Waals surface area contributed by atoms with Crippen LogP contribution >= 0.6 is 0 Å². The normalized spacial score (nSPS) is 10.5. The Kier molecular flexibility index (Phi) is 2.41. The largest absolute Gasteiger partial charge is 0.398 e. The Labute approximate surface area is 88.8 Å². The molecule has 0 saturated heterocycles. The second-order valence-corrected chi connectivity index (χ2v) is 3.44. The zero-order chi connectivity index (χ0) is 10.8. The summed E-state index contributed by atoms with van der Waals surface area (Å²) in [7, 11) is 0. The molecule has 0 radical (unpaired) electrons. The van der Waals surface area contributed by atoms with Crippen LogP contribution < -0.4 is 5.73 Å². The summed E-state index contributed by atoms with van der Waals surface area (Å²) in [6.07, 6.45) is 1.56. The number of nitrogens with two attached hydrogens (primary N) is 1. The molecule has 0 amide bonds. The molecule has 1 aromatic heterocycles. The first kappa shape index (κ1) is 9.71. The Balaban J connectivity index is 2.59. The van der Waals surface area contributed by atoms with E-state index in [1.165, 1.54) is 0 Å². The second-order valence-electron chi connectivity index (χ2n) is 3.44. The lowest BCUT2D eigenvalue weighted by Crippen LogP contribution is -2.02. The van der Waals surface area contributed by atoms with Gasteiger partial charge in [0.1, 0.15) is 6.33 Å². The van der Waals surface area contributed by atoms with Crippen LogP contribution in [0.5, 0.6) is 0 Å². The molecule has 2 N–H and O–H groups in total. The van der Waals surface area contributed by atoms with Gasteiger partial charge in [-0.05, 0) is 25.5 Å². The maximum absolute atomic E-state index is 6.02. The van der Waals surface area contributed by atoms with Crippen molar-refractivity contribution in [2.24, 2.45) is 0 Å². The van der Waals surface area contributed by atoms with Gasteiger partial charge in [-0.25, -0.2) is 9.67 Å². The van der Waals surface area contributed by atoms with Gasteiger partial charge in [-0.1, -0.05) is 12.1 Å². The van der Waals surface area contributed by atoms with E-state index in [0.717, 1.165) is 29.2 Å². The van der Waals surface area contributed by atoms with Crippen molar-refractivity contribution in [1.82, 2.24) is 14.8 Å². The van der Waals surface area contributed by atoms with Gasteiger partial charge in [-0.15, -0.1) is 0 Å². The standard InChI is InChI=1S/C11H14N4/c1-3-15-11(13-7-14-15)9-6-4-5-8(2)10(9)12/h4-7H,3,12H2,1-2H3. The van der Waals surface area contributed by atoms with E-state index in [-0.39, 0.29) is 0 Å². The van der Waals surface area contributed by atoms with Crippen LogP contribution in [-0.2, 0) is 6.54 Å². The minimum Gasteiger partial charge on any atom is -0.398 e. The minimum absolute atomic E-state index is 0.778. The van der Waals surface area contributed by atoms with E-state index >= 15 is 0 Å². The van der Waals surface area contributed by atoms with Crippen LogP contribution in [0.15, 0.2) is 24.5 Å². The van der Waals surface area contributed by atoms with E-state index in [1.54, 1.807) is 6.33 Å². The Morgan fingerprint density at radius 2 is 2.20 bits per heavy atom. The summed E-state index contributed by atoms with van der Waals surface area (Å²) in [6.45, 7) is 4.82. The number of hydrogen-bond acceptors (Lipinski definition) is 3. The Bertz CT molecular complexity index is 473. The smallest absolute Gasteiger partial charge is 0.160 e. The highest BCUT2D eigenvalue weighted by molar-refractivity contribution is 5.74. The van der Waals surface area contributed by atoms with Gasteiger partial charge >= 0.3 is 0 Å². The number of nitrogen functional groups attached to an aromatic ring is 1. The van der Waals surface area contributed by atoms with Gasteiger partial charge in [-0.2, -0.15) is 5.10 Å². The Hall–Kier alpha value is -1.84. The molecular formula is C11H14N4. The predicted octanol–water partition coefficient (Wildman–Crippen LogP) is 1.86. The molecule has 0 atom stereocenters. The van der Waals surface area contributed by atoms with Gasteiger partial charge in [0, 0.05) is 17.8 Å². The van der Waals surface area contributed by atoms with Gasteiger partial charge in [0.2, 0.25) is 0 Å². The molecule has 0 aliphatic rings. The van der Waals surface area contributed by atoms with Crippen molar-refractivity contribution in [2.45, 2.75) is 20.4 Å². The molecule has 0 unspecified atom stereocenters. The zero-order valence-corrected chi connectivity index (χ0v) is 8.94. The van der Waals surface area contributed by atoms with Gasteiger partial charge in [0.25, 0.3) is 0 Å². The van der Waals surface area contributed by atoms with Crippen LogP contribution in [0.2, 0.25) is 0 Å². The molecule has 2 rings (SSSR count). The van der Waals surface area contributed by atoms with Crippen molar-refractivity contribution >= 4 is 5.69 Å². The molecule has 0 aliphatic heterocycles. The number of anilines is 1. The molecule has 4 nitrogen and oxygen atoms in total. The fourth-order valence-corrected chi connectivity index (χ4v) is 1.58. The minimum atomic E-state index is 0.778. The van der Waals surface area contributed by atoms with E-state index in [0.29, 0.717) is 0 Å². The molecule has 4 heteroatoms. The number of aryl methyl sites for hydroxylation is 2. The Morgan fingerprint density at radius 3 is 2.93 bits per heavy atom. The SMILES string of the molecule is CCn1ncnc1-c1cccc(C)c1N. The monoisotopic (exact) mass is 202 g/mol. The van der Waals surface area contributed by atoms with Crippen molar-refractivity contribution in [3.05, 3.63) is 30.1 Å². The van der Waals surface area contributed by atoms with Gasteiger partial charge < -0.3 is 5.73 Å². The van der Waals surface area contributed by atoms with Gasteiger partial charge in [0.15, 0.2) is 5.82 Å². The fraction of sp³-hybridized carbons (Fsp3) is 0.273. The summed E-state index contributed by atoms with van der Waals surface area (Å²) < 4.78 is 1.84. The fourth-order valence-electron chi connectivity index (χ4n) is 1.58. The lowest BCUT2D eigenvalue weighted by molar-refractivity contribution is 0.666. The van der Waals surface area contributed by atoms with Crippen molar-refractivity contribution in [1.29, 1.82) is 0 Å². The first-order valence-corrected chi connectivity index (χ1v) is 4.97. The lowest BCUT2D eigenvalue weighted by Gasteiger charge is -2.08. The first-order chi connectivity index (χ1) is 7.24. The summed E-state index contributed by atoms with van der Waals surface area (Å²) in [5.74, 6) is 0.832. The van der Waals surface area contributed by atoms with E-state index in [9.17, 15) is 0 Å². The van der Waals surface area contributed by atoms with Crippen LogP contribution in [0.1, 0.15) is 12.5 Å². The van der Waals surface area contributed by atoms with Crippen LogP contribution in [0.4, 0.5) is 5.69 Å². The van der Waals surface area contributed by atoms with Crippen LogP contribution in [0, 0.1) is 6.92 Å². The van der Waals surface area contributed by atoms with E-state index in [4.69, 9.17) is 5.73 Å². The van der Waals surface area contributed by atoms with Gasteiger partial charge in [-0.3, -0.25) is 0 Å². The number of hydrogen-bond donors (Lipinski definition) is 1. The summed E-state index contributed by atoms with van der Waals surface area (Å²) in [6, 6.07) is 5.94. The molecule has 0 saturated carbocycles. The highest BCUT2D eigenvalue weighted by Gasteiger charge is 2.09. The van der Waals surface area contributed by atoms with Gasteiger partial charge in [0.05, 0.1) is 0 Å². The number of aromatic nitrogens is 3. The third-order valence-electron chi connectivity index (χ3n) is 2.48. The van der Waals surface area contributed by atoms with Crippen molar-refractivity contribution in [3.63, 3.8) is 0 Å². The average molecular weight is 202 g/mol. The molecule has 78 valence electrons.